The second-order valence-electron chi connectivity index (χ2n) is 5.27. The van der Waals surface area contributed by atoms with E-state index in [0.717, 1.165) is 6.54 Å². The fraction of sp³-hybridized carbons (Fsp3) is 0.917. The minimum absolute atomic E-state index is 0.149. The van der Waals surface area contributed by atoms with Crippen molar-refractivity contribution in [2.75, 3.05) is 20.2 Å². The van der Waals surface area contributed by atoms with Crippen LogP contribution in [0.15, 0.2) is 0 Å². The molecule has 3 nitrogen and oxygen atoms in total. The van der Waals surface area contributed by atoms with Gasteiger partial charge in [0.15, 0.2) is 0 Å². The molecule has 0 aromatic rings. The molecule has 15 heavy (non-hydrogen) atoms. The Hall–Kier alpha value is -0.570. The third-order valence-corrected chi connectivity index (χ3v) is 2.30. The van der Waals surface area contributed by atoms with Gasteiger partial charge in [0, 0.05) is 13.1 Å². The molecular weight excluding hydrogens is 190 g/mol. The molecule has 0 unspecified atom stereocenters. The van der Waals surface area contributed by atoms with Gasteiger partial charge in [-0.05, 0) is 17.8 Å². The van der Waals surface area contributed by atoms with Crippen LogP contribution in [-0.4, -0.2) is 26.2 Å². The molecule has 90 valence electrons. The zero-order chi connectivity index (χ0) is 11.9. The Morgan fingerprint density at radius 3 is 2.47 bits per heavy atom. The zero-order valence-electron chi connectivity index (χ0n) is 10.7. The van der Waals surface area contributed by atoms with Gasteiger partial charge in [0.1, 0.15) is 0 Å². The summed E-state index contributed by atoms with van der Waals surface area (Å²) in [6.45, 7) is 10.6. The minimum atomic E-state index is -0.149. The molecule has 0 radical (unpaired) electrons. The number of hydrogen-bond donors (Lipinski definition) is 1. The van der Waals surface area contributed by atoms with E-state index in [4.69, 9.17) is 0 Å². The van der Waals surface area contributed by atoms with Crippen LogP contribution >= 0.6 is 0 Å². The van der Waals surface area contributed by atoms with E-state index < -0.39 is 0 Å². The molecule has 0 spiro atoms. The molecule has 0 saturated heterocycles. The van der Waals surface area contributed by atoms with Gasteiger partial charge in [-0.2, -0.15) is 0 Å². The number of rotatable bonds is 7. The molecule has 0 aromatic heterocycles. The van der Waals surface area contributed by atoms with E-state index in [-0.39, 0.29) is 5.97 Å². The summed E-state index contributed by atoms with van der Waals surface area (Å²) in [7, 11) is 1.42. The summed E-state index contributed by atoms with van der Waals surface area (Å²) in [6, 6.07) is 0. The summed E-state index contributed by atoms with van der Waals surface area (Å²) >= 11 is 0. The lowest BCUT2D eigenvalue weighted by molar-refractivity contribution is -0.140. The molecule has 0 heterocycles. The van der Waals surface area contributed by atoms with Gasteiger partial charge < -0.3 is 10.1 Å². The average molecular weight is 215 g/mol. The molecule has 0 aliphatic carbocycles. The fourth-order valence-corrected chi connectivity index (χ4v) is 1.90. The van der Waals surface area contributed by atoms with Gasteiger partial charge in [0.25, 0.3) is 0 Å². The Morgan fingerprint density at radius 1 is 1.40 bits per heavy atom. The van der Waals surface area contributed by atoms with Gasteiger partial charge in [-0.15, -0.1) is 0 Å². The smallest absolute Gasteiger partial charge is 0.306 e. The lowest BCUT2D eigenvalue weighted by Crippen LogP contribution is -2.32. The van der Waals surface area contributed by atoms with Crippen LogP contribution in [0.25, 0.3) is 0 Å². The van der Waals surface area contributed by atoms with Crippen molar-refractivity contribution in [3.05, 3.63) is 0 Å². The van der Waals surface area contributed by atoms with Crippen molar-refractivity contribution in [3.63, 3.8) is 0 Å². The molecule has 0 fully saturated rings. The van der Waals surface area contributed by atoms with Gasteiger partial charge in [-0.1, -0.05) is 27.7 Å². The van der Waals surface area contributed by atoms with Crippen molar-refractivity contribution in [2.45, 2.75) is 40.5 Å². The summed E-state index contributed by atoms with van der Waals surface area (Å²) in [4.78, 5) is 10.9. The first kappa shape index (κ1) is 14.4. The Bertz CT molecular complexity index is 188. The molecule has 0 rings (SSSR count). The lowest BCUT2D eigenvalue weighted by atomic mass is 9.84. The third-order valence-electron chi connectivity index (χ3n) is 2.30. The maximum atomic E-state index is 10.9. The number of methoxy groups -OCH3 is 1. The van der Waals surface area contributed by atoms with Crippen LogP contribution < -0.4 is 5.32 Å². The summed E-state index contributed by atoms with van der Waals surface area (Å²) in [6.07, 6.45) is 1.65. The van der Waals surface area contributed by atoms with Crippen molar-refractivity contribution in [1.29, 1.82) is 0 Å². The van der Waals surface area contributed by atoms with Crippen LogP contribution in [0.1, 0.15) is 40.5 Å². The van der Waals surface area contributed by atoms with E-state index in [9.17, 15) is 4.79 Å². The van der Waals surface area contributed by atoms with Gasteiger partial charge in [0.2, 0.25) is 0 Å². The maximum Gasteiger partial charge on any atom is 0.306 e. The minimum Gasteiger partial charge on any atom is -0.469 e. The number of hydrogen-bond acceptors (Lipinski definition) is 3. The second-order valence-corrected chi connectivity index (χ2v) is 5.27. The molecule has 0 amide bonds. The van der Waals surface area contributed by atoms with E-state index in [0.29, 0.717) is 24.3 Å². The summed E-state index contributed by atoms with van der Waals surface area (Å²) in [5, 5.41) is 3.30. The number of carbonyl (C=O) groups is 1. The van der Waals surface area contributed by atoms with Crippen molar-refractivity contribution in [3.8, 4) is 0 Å². The first-order valence-corrected chi connectivity index (χ1v) is 5.65. The largest absolute Gasteiger partial charge is 0.469 e. The fourth-order valence-electron chi connectivity index (χ4n) is 1.90. The Balaban J connectivity index is 3.61. The summed E-state index contributed by atoms with van der Waals surface area (Å²) in [5.41, 5.74) is 0.296. The number of esters is 1. The monoisotopic (exact) mass is 215 g/mol. The van der Waals surface area contributed by atoms with E-state index in [2.05, 4.69) is 37.7 Å². The lowest BCUT2D eigenvalue weighted by Gasteiger charge is -2.27. The van der Waals surface area contributed by atoms with Crippen molar-refractivity contribution in [2.24, 2.45) is 11.3 Å². The number of ether oxygens (including phenoxy) is 1. The maximum absolute atomic E-state index is 10.9. The molecule has 0 aliphatic heterocycles. The van der Waals surface area contributed by atoms with E-state index >= 15 is 0 Å². The van der Waals surface area contributed by atoms with E-state index in [1.165, 1.54) is 13.5 Å². The molecular formula is C12H25NO2. The van der Waals surface area contributed by atoms with Crippen LogP contribution in [0, 0.1) is 11.3 Å². The van der Waals surface area contributed by atoms with Gasteiger partial charge >= 0.3 is 5.97 Å². The molecule has 0 saturated carbocycles. The Kier molecular flexibility index (Phi) is 6.57. The van der Waals surface area contributed by atoms with Gasteiger partial charge in [-0.3, -0.25) is 4.79 Å². The topological polar surface area (TPSA) is 38.3 Å². The second kappa shape index (κ2) is 6.83. The normalized spacial score (nSPS) is 11.9. The quantitative estimate of drug-likeness (QED) is 0.522. The molecule has 3 heteroatoms. The van der Waals surface area contributed by atoms with Crippen LogP contribution in [0.3, 0.4) is 0 Å². The first-order valence-electron chi connectivity index (χ1n) is 5.65. The van der Waals surface area contributed by atoms with Crippen LogP contribution in [0.5, 0.6) is 0 Å². The third kappa shape index (κ3) is 8.43. The Morgan fingerprint density at radius 2 is 2.00 bits per heavy atom. The van der Waals surface area contributed by atoms with E-state index in [1.807, 2.05) is 0 Å². The molecule has 0 atom stereocenters. The number of nitrogens with one attached hydrogen (secondary N) is 1. The predicted octanol–water partition coefficient (Wildman–Crippen LogP) is 2.21. The number of carbonyl (C=O) groups excluding carboxylic acids is 1. The highest BCUT2D eigenvalue weighted by Gasteiger charge is 2.18. The van der Waals surface area contributed by atoms with Crippen LogP contribution in [0.4, 0.5) is 0 Å². The Labute approximate surface area is 93.6 Å². The first-order chi connectivity index (χ1) is 6.87. The van der Waals surface area contributed by atoms with Crippen LogP contribution in [0.2, 0.25) is 0 Å². The highest BCUT2D eigenvalue weighted by molar-refractivity contribution is 5.69. The molecule has 0 bridgehead atoms. The van der Waals surface area contributed by atoms with Crippen molar-refractivity contribution in [1.82, 2.24) is 5.32 Å². The van der Waals surface area contributed by atoms with Crippen molar-refractivity contribution >= 4 is 5.97 Å². The molecule has 0 aromatic carbocycles. The summed E-state index contributed by atoms with van der Waals surface area (Å²) < 4.78 is 4.57. The highest BCUT2D eigenvalue weighted by Crippen LogP contribution is 2.23. The SMILES string of the molecule is COC(=O)CCNCC(C)(C)CC(C)C. The van der Waals surface area contributed by atoms with Crippen LogP contribution in [-0.2, 0) is 9.53 Å². The summed E-state index contributed by atoms with van der Waals surface area (Å²) in [5.74, 6) is 0.562. The molecule has 0 aliphatic rings. The van der Waals surface area contributed by atoms with Gasteiger partial charge in [0.05, 0.1) is 13.5 Å². The predicted molar refractivity (Wildman–Crippen MR) is 62.7 cm³/mol. The average Bonchev–Trinajstić information content (AvgIpc) is 2.10. The van der Waals surface area contributed by atoms with Crippen molar-refractivity contribution < 1.29 is 9.53 Å². The standard InChI is InChI=1S/C12H25NO2/c1-10(2)8-12(3,4)9-13-7-6-11(14)15-5/h10,13H,6-9H2,1-5H3. The highest BCUT2D eigenvalue weighted by atomic mass is 16.5. The zero-order valence-corrected chi connectivity index (χ0v) is 10.7. The van der Waals surface area contributed by atoms with Gasteiger partial charge in [-0.25, -0.2) is 0 Å². The molecule has 1 N–H and O–H groups in total. The van der Waals surface area contributed by atoms with E-state index in [1.54, 1.807) is 0 Å².